The van der Waals surface area contributed by atoms with Crippen LogP contribution in [-0.2, 0) is 22.6 Å². The monoisotopic (exact) mass is 414 g/mol. The lowest BCUT2D eigenvalue weighted by Crippen LogP contribution is -2.33. The Hall–Kier alpha value is -2.37. The van der Waals surface area contributed by atoms with E-state index in [1.165, 1.54) is 19.3 Å². The zero-order chi connectivity index (χ0) is 21.6. The molecule has 0 saturated carbocycles. The maximum atomic E-state index is 12.3. The number of benzene rings is 2. The number of aliphatic hydroxyl groups is 2. The van der Waals surface area contributed by atoms with Crippen molar-refractivity contribution in [2.45, 2.75) is 58.2 Å². The van der Waals surface area contributed by atoms with Gasteiger partial charge in [0, 0.05) is 0 Å². The summed E-state index contributed by atoms with van der Waals surface area (Å²) in [6, 6.07) is 17.1. The van der Waals surface area contributed by atoms with E-state index in [2.05, 4.69) is 6.92 Å². The van der Waals surface area contributed by atoms with Gasteiger partial charge in [0.05, 0.1) is 19.3 Å². The number of aryl methyl sites for hydroxylation is 1. The largest absolute Gasteiger partial charge is 0.494 e. The lowest BCUT2D eigenvalue weighted by atomic mass is 9.97. The molecule has 2 N–H and O–H groups in total. The van der Waals surface area contributed by atoms with Crippen LogP contribution in [0.3, 0.4) is 0 Å². The average molecular weight is 415 g/mol. The third-order valence-corrected chi connectivity index (χ3v) is 5.08. The highest BCUT2D eigenvalue weighted by molar-refractivity contribution is 5.73. The zero-order valence-corrected chi connectivity index (χ0v) is 17.8. The summed E-state index contributed by atoms with van der Waals surface area (Å²) in [5.74, 6) is -0.718. The van der Waals surface area contributed by atoms with E-state index in [9.17, 15) is 15.0 Å². The van der Waals surface area contributed by atoms with E-state index in [0.29, 0.717) is 19.4 Å². The molecule has 2 aromatic rings. The lowest BCUT2D eigenvalue weighted by molar-refractivity contribution is -0.156. The molecule has 30 heavy (non-hydrogen) atoms. The fourth-order valence-electron chi connectivity index (χ4n) is 3.21. The first-order chi connectivity index (χ1) is 14.6. The Morgan fingerprint density at radius 2 is 1.77 bits per heavy atom. The number of carbonyl (C=O) groups excluding carboxylic acids is 1. The minimum absolute atomic E-state index is 0.126. The van der Waals surface area contributed by atoms with E-state index in [-0.39, 0.29) is 6.61 Å². The number of hydrogen-bond donors (Lipinski definition) is 2. The van der Waals surface area contributed by atoms with Crippen molar-refractivity contribution in [3.8, 4) is 5.75 Å². The number of hydrogen-bond acceptors (Lipinski definition) is 5. The number of esters is 1. The molecule has 2 rings (SSSR count). The number of rotatable bonds is 14. The van der Waals surface area contributed by atoms with E-state index < -0.39 is 24.6 Å². The molecule has 5 nitrogen and oxygen atoms in total. The van der Waals surface area contributed by atoms with E-state index in [0.717, 1.165) is 23.3 Å². The standard InChI is InChI=1S/C25H34O5/c1-2-3-4-8-16-29-22-13-9-12-20(17-22)14-15-24(27)23(18-26)25(28)30-19-21-10-6-5-7-11-21/h5-7,9-13,17,23-24,26-27H,2-4,8,14-16,18-19H2,1H3. The van der Waals surface area contributed by atoms with Crippen molar-refractivity contribution in [1.82, 2.24) is 0 Å². The summed E-state index contributed by atoms with van der Waals surface area (Å²) in [5.41, 5.74) is 1.89. The zero-order valence-electron chi connectivity index (χ0n) is 17.8. The highest BCUT2D eigenvalue weighted by atomic mass is 16.5. The van der Waals surface area contributed by atoms with Gasteiger partial charge in [-0.25, -0.2) is 0 Å². The predicted molar refractivity (Wildman–Crippen MR) is 117 cm³/mol. The van der Waals surface area contributed by atoms with Gasteiger partial charge in [0.15, 0.2) is 0 Å². The summed E-state index contributed by atoms with van der Waals surface area (Å²) < 4.78 is 11.1. The molecule has 0 aliphatic rings. The van der Waals surface area contributed by atoms with Crippen molar-refractivity contribution >= 4 is 5.97 Å². The van der Waals surface area contributed by atoms with Gasteiger partial charge in [0.25, 0.3) is 0 Å². The van der Waals surface area contributed by atoms with Gasteiger partial charge < -0.3 is 19.7 Å². The molecule has 2 unspecified atom stereocenters. The number of aliphatic hydroxyl groups excluding tert-OH is 2. The third kappa shape index (κ3) is 8.56. The predicted octanol–water partition coefficient (Wildman–Crippen LogP) is 4.29. The van der Waals surface area contributed by atoms with E-state index in [4.69, 9.17) is 9.47 Å². The normalized spacial score (nSPS) is 12.9. The van der Waals surface area contributed by atoms with Crippen LogP contribution in [0.25, 0.3) is 0 Å². The third-order valence-electron chi connectivity index (χ3n) is 5.08. The number of ether oxygens (including phenoxy) is 2. The Morgan fingerprint density at radius 3 is 2.50 bits per heavy atom. The van der Waals surface area contributed by atoms with Crippen molar-refractivity contribution in [3.63, 3.8) is 0 Å². The lowest BCUT2D eigenvalue weighted by Gasteiger charge is -2.20. The van der Waals surface area contributed by atoms with Crippen LogP contribution in [0.5, 0.6) is 5.75 Å². The van der Waals surface area contributed by atoms with Gasteiger partial charge >= 0.3 is 5.97 Å². The van der Waals surface area contributed by atoms with Crippen LogP contribution in [0.4, 0.5) is 0 Å². The van der Waals surface area contributed by atoms with Crippen molar-refractivity contribution < 1.29 is 24.5 Å². The highest BCUT2D eigenvalue weighted by Crippen LogP contribution is 2.18. The Kier molecular flexibility index (Phi) is 11.0. The van der Waals surface area contributed by atoms with Gasteiger partial charge in [-0.3, -0.25) is 4.79 Å². The van der Waals surface area contributed by atoms with E-state index in [1.54, 1.807) is 0 Å². The van der Waals surface area contributed by atoms with Crippen LogP contribution in [0.2, 0.25) is 0 Å². The second-order valence-electron chi connectivity index (χ2n) is 7.54. The molecule has 164 valence electrons. The molecule has 0 amide bonds. The van der Waals surface area contributed by atoms with Crippen LogP contribution in [-0.4, -0.2) is 35.5 Å². The molecule has 0 spiro atoms. The quantitative estimate of drug-likeness (QED) is 0.356. The summed E-state index contributed by atoms with van der Waals surface area (Å²) in [5, 5.41) is 20.0. The first-order valence-corrected chi connectivity index (χ1v) is 10.8. The minimum atomic E-state index is -0.975. The van der Waals surface area contributed by atoms with Gasteiger partial charge in [-0.1, -0.05) is 68.7 Å². The Morgan fingerprint density at radius 1 is 1.00 bits per heavy atom. The van der Waals surface area contributed by atoms with Gasteiger partial charge in [0.1, 0.15) is 18.3 Å². The van der Waals surface area contributed by atoms with Gasteiger partial charge in [-0.2, -0.15) is 0 Å². The second kappa shape index (κ2) is 13.8. The van der Waals surface area contributed by atoms with Crippen molar-refractivity contribution in [2.75, 3.05) is 13.2 Å². The first kappa shape index (κ1) is 23.9. The van der Waals surface area contributed by atoms with E-state index >= 15 is 0 Å². The van der Waals surface area contributed by atoms with Crippen molar-refractivity contribution in [3.05, 3.63) is 65.7 Å². The molecule has 0 bridgehead atoms. The summed E-state index contributed by atoms with van der Waals surface area (Å²) in [6.45, 7) is 2.56. The van der Waals surface area contributed by atoms with Crippen LogP contribution < -0.4 is 4.74 Å². The Bertz CT molecular complexity index is 731. The second-order valence-corrected chi connectivity index (χ2v) is 7.54. The topological polar surface area (TPSA) is 76.0 Å². The fourth-order valence-corrected chi connectivity index (χ4v) is 3.21. The molecule has 5 heteroatoms. The average Bonchev–Trinajstić information content (AvgIpc) is 2.77. The first-order valence-electron chi connectivity index (χ1n) is 10.8. The summed E-state index contributed by atoms with van der Waals surface area (Å²) in [6.07, 6.45) is 4.60. The fraction of sp³-hybridized carbons (Fsp3) is 0.480. The molecule has 2 atom stereocenters. The van der Waals surface area contributed by atoms with Crippen molar-refractivity contribution in [2.24, 2.45) is 5.92 Å². The summed E-state index contributed by atoms with van der Waals surface area (Å²) in [4.78, 5) is 12.3. The molecular weight excluding hydrogens is 380 g/mol. The molecule has 0 radical (unpaired) electrons. The summed E-state index contributed by atoms with van der Waals surface area (Å²) in [7, 11) is 0. The molecule has 0 fully saturated rings. The Balaban J connectivity index is 1.79. The molecule has 0 heterocycles. The smallest absolute Gasteiger partial charge is 0.314 e. The molecular formula is C25H34O5. The van der Waals surface area contributed by atoms with Crippen molar-refractivity contribution in [1.29, 1.82) is 0 Å². The van der Waals surface area contributed by atoms with Gasteiger partial charge in [-0.15, -0.1) is 0 Å². The maximum Gasteiger partial charge on any atom is 0.314 e. The van der Waals surface area contributed by atoms with Gasteiger partial charge in [0.2, 0.25) is 0 Å². The van der Waals surface area contributed by atoms with Crippen LogP contribution in [0.1, 0.15) is 50.2 Å². The number of unbranched alkanes of at least 4 members (excludes halogenated alkanes) is 3. The molecule has 0 saturated heterocycles. The minimum Gasteiger partial charge on any atom is -0.494 e. The van der Waals surface area contributed by atoms with Crippen LogP contribution >= 0.6 is 0 Å². The molecule has 0 aliphatic heterocycles. The molecule has 2 aromatic carbocycles. The van der Waals surface area contributed by atoms with Gasteiger partial charge in [-0.05, 0) is 42.5 Å². The van der Waals surface area contributed by atoms with Crippen LogP contribution in [0.15, 0.2) is 54.6 Å². The number of carbonyl (C=O) groups is 1. The molecule has 0 aromatic heterocycles. The SMILES string of the molecule is CCCCCCOc1cccc(CCC(O)C(CO)C(=O)OCc2ccccc2)c1. The molecule has 0 aliphatic carbocycles. The summed E-state index contributed by atoms with van der Waals surface area (Å²) >= 11 is 0. The Labute approximate surface area is 179 Å². The van der Waals surface area contributed by atoms with E-state index in [1.807, 2.05) is 54.6 Å². The van der Waals surface area contributed by atoms with Crippen LogP contribution in [0, 0.1) is 5.92 Å². The highest BCUT2D eigenvalue weighted by Gasteiger charge is 2.27. The maximum absolute atomic E-state index is 12.3.